The number of carbonyl (C=O) groups is 1. The fraction of sp³-hybridized carbons (Fsp3) is 0.718. The molecular formula is C39H62Br2O8. The fourth-order valence-corrected chi connectivity index (χ4v) is 5.64. The second-order valence-electron chi connectivity index (χ2n) is 14.2. The molecule has 1 N–H and O–H groups in total. The first kappa shape index (κ1) is 45.7. The molecule has 7 atom stereocenters. The third kappa shape index (κ3) is 18.2. The predicted molar refractivity (Wildman–Crippen MR) is 204 cm³/mol. The van der Waals surface area contributed by atoms with Crippen LogP contribution in [0.15, 0.2) is 33.7 Å². The summed E-state index contributed by atoms with van der Waals surface area (Å²) in [6.45, 7) is 23.4. The number of hydrogen-bond donors (Lipinski definition) is 1. The average Bonchev–Trinajstić information content (AvgIpc) is 3.51. The van der Waals surface area contributed by atoms with Crippen molar-refractivity contribution in [3.8, 4) is 17.6 Å². The topological polar surface area (TPSA) is 92.7 Å². The maximum absolute atomic E-state index is 10.6. The molecule has 3 rings (SSSR count). The lowest BCUT2D eigenvalue weighted by atomic mass is 9.98. The summed E-state index contributed by atoms with van der Waals surface area (Å²) in [6, 6.07) is 7.79. The average molecular weight is 819 g/mol. The van der Waals surface area contributed by atoms with Crippen LogP contribution in [0.3, 0.4) is 0 Å². The molecule has 3 unspecified atom stereocenters. The highest BCUT2D eigenvalue weighted by atomic mass is 79.9. The summed E-state index contributed by atoms with van der Waals surface area (Å²) in [5.41, 5.74) is 1.08. The molecule has 0 spiro atoms. The number of aliphatic hydroxyl groups excluding tert-OH is 1. The minimum absolute atomic E-state index is 0.0532. The largest absolute Gasteiger partial charge is 0.497 e. The van der Waals surface area contributed by atoms with Gasteiger partial charge in [0.1, 0.15) is 24.1 Å². The van der Waals surface area contributed by atoms with Gasteiger partial charge in [0.25, 0.3) is 0 Å². The van der Waals surface area contributed by atoms with E-state index < -0.39 is 23.8 Å². The first-order chi connectivity index (χ1) is 22.8. The minimum atomic E-state index is -0.880. The zero-order valence-electron chi connectivity index (χ0n) is 31.8. The van der Waals surface area contributed by atoms with Crippen LogP contribution in [0.2, 0.25) is 0 Å². The first-order valence-corrected chi connectivity index (χ1v) is 19.0. The molecule has 2 heterocycles. The normalized spacial score (nSPS) is 23.9. The Labute approximate surface area is 313 Å². The Morgan fingerprint density at radius 3 is 1.98 bits per heavy atom. The van der Waals surface area contributed by atoms with Gasteiger partial charge in [0, 0.05) is 12.5 Å². The van der Waals surface area contributed by atoms with E-state index >= 15 is 0 Å². The number of halogens is 2. The Morgan fingerprint density at radius 2 is 1.49 bits per heavy atom. The number of rotatable bonds is 13. The summed E-state index contributed by atoms with van der Waals surface area (Å²) in [7, 11) is 1.65. The molecule has 0 aliphatic carbocycles. The van der Waals surface area contributed by atoms with Crippen molar-refractivity contribution in [2.75, 3.05) is 13.7 Å². The number of ether oxygens (including phenoxy) is 6. The van der Waals surface area contributed by atoms with E-state index in [2.05, 4.69) is 98.2 Å². The van der Waals surface area contributed by atoms with E-state index in [1.54, 1.807) is 7.11 Å². The summed E-state index contributed by atoms with van der Waals surface area (Å²) < 4.78 is 34.8. The van der Waals surface area contributed by atoms with E-state index in [1.165, 1.54) is 0 Å². The Hall–Kier alpha value is -1.29. The minimum Gasteiger partial charge on any atom is -0.497 e. The van der Waals surface area contributed by atoms with Crippen LogP contribution < -0.4 is 4.74 Å². The third-order valence-electron chi connectivity index (χ3n) is 8.34. The molecule has 0 bridgehead atoms. The lowest BCUT2D eigenvalue weighted by Gasteiger charge is -2.19. The van der Waals surface area contributed by atoms with Crippen molar-refractivity contribution in [1.82, 2.24) is 0 Å². The first-order valence-electron chi connectivity index (χ1n) is 17.4. The zero-order valence-corrected chi connectivity index (χ0v) is 34.9. The van der Waals surface area contributed by atoms with Gasteiger partial charge in [-0.15, -0.1) is 0 Å². The van der Waals surface area contributed by atoms with Crippen molar-refractivity contribution in [2.45, 2.75) is 144 Å². The summed E-state index contributed by atoms with van der Waals surface area (Å²) in [6.07, 6.45) is 3.46. The van der Waals surface area contributed by atoms with Gasteiger partial charge in [-0.1, -0.05) is 84.9 Å². The molecule has 10 heteroatoms. The van der Waals surface area contributed by atoms with Crippen LogP contribution in [0.5, 0.6) is 5.75 Å². The zero-order chi connectivity index (χ0) is 37.4. The maximum Gasteiger partial charge on any atom is 0.164 e. The van der Waals surface area contributed by atoms with Gasteiger partial charge in [0.05, 0.1) is 29.3 Å². The molecule has 1 aromatic rings. The summed E-state index contributed by atoms with van der Waals surface area (Å²) in [5, 5.41) is 10.5. The lowest BCUT2D eigenvalue weighted by molar-refractivity contribution is -0.153. The highest BCUT2D eigenvalue weighted by Crippen LogP contribution is 2.32. The van der Waals surface area contributed by atoms with Crippen LogP contribution in [-0.4, -0.2) is 67.2 Å². The van der Waals surface area contributed by atoms with Crippen LogP contribution in [0.4, 0.5) is 0 Å². The van der Waals surface area contributed by atoms with Crippen LogP contribution in [0, 0.1) is 35.5 Å². The highest BCUT2D eigenvalue weighted by molar-refractivity contribution is 9.28. The number of hydrogen-bond acceptors (Lipinski definition) is 8. The molecule has 49 heavy (non-hydrogen) atoms. The van der Waals surface area contributed by atoms with Crippen LogP contribution in [-0.2, 0) is 35.1 Å². The van der Waals surface area contributed by atoms with E-state index in [0.29, 0.717) is 31.5 Å². The summed E-state index contributed by atoms with van der Waals surface area (Å²) in [5.74, 6) is 7.59. The van der Waals surface area contributed by atoms with Crippen molar-refractivity contribution in [3.63, 3.8) is 0 Å². The Bertz CT molecular complexity index is 1170. The molecule has 2 saturated heterocycles. The van der Waals surface area contributed by atoms with Crippen molar-refractivity contribution >= 4 is 38.1 Å². The van der Waals surface area contributed by atoms with Gasteiger partial charge in [-0.2, -0.15) is 0 Å². The van der Waals surface area contributed by atoms with Gasteiger partial charge in [-0.05, 0) is 108 Å². The number of aldehydes is 1. The molecule has 0 radical (unpaired) electrons. The lowest BCUT2D eigenvalue weighted by Crippen LogP contribution is -2.35. The van der Waals surface area contributed by atoms with Crippen molar-refractivity contribution in [2.24, 2.45) is 23.7 Å². The van der Waals surface area contributed by atoms with Crippen LogP contribution in [0.1, 0.15) is 101 Å². The maximum atomic E-state index is 10.6. The van der Waals surface area contributed by atoms with Crippen molar-refractivity contribution in [1.29, 1.82) is 0 Å². The second kappa shape index (κ2) is 22.6. The van der Waals surface area contributed by atoms with Crippen molar-refractivity contribution in [3.05, 3.63) is 39.3 Å². The molecule has 0 amide bonds. The van der Waals surface area contributed by atoms with Gasteiger partial charge in [0.15, 0.2) is 17.9 Å². The fourth-order valence-electron chi connectivity index (χ4n) is 4.81. The second-order valence-corrected chi connectivity index (χ2v) is 17.0. The molecule has 2 aliphatic rings. The third-order valence-corrected chi connectivity index (χ3v) is 8.86. The predicted octanol–water partition coefficient (Wildman–Crippen LogP) is 9.19. The summed E-state index contributed by atoms with van der Waals surface area (Å²) in [4.78, 5) is 10.6. The molecule has 1 aromatic carbocycles. The van der Waals surface area contributed by atoms with E-state index in [4.69, 9.17) is 28.4 Å². The summed E-state index contributed by atoms with van der Waals surface area (Å²) >= 11 is 6.64. The molecule has 280 valence electrons. The number of allylic oxidation sites excluding steroid dienone is 1. The van der Waals surface area contributed by atoms with Gasteiger partial charge < -0.3 is 38.3 Å². The Kier molecular flexibility index (Phi) is 21.1. The van der Waals surface area contributed by atoms with Crippen molar-refractivity contribution < 1.29 is 38.3 Å². The Balaban J connectivity index is 0.000000467. The SMILES string of the molecule is CC(C)[C@H](C)C=C(Br)Br.CCCC1OC(C)(C)O[C@@H]1C=O.COc1ccc(COCCC2OC(C)(C)O[C@@H]2C(O)C#C[C@@H](C)C(C)C)cc1. The molecule has 0 saturated carbocycles. The molecule has 8 nitrogen and oxygen atoms in total. The van der Waals surface area contributed by atoms with Gasteiger partial charge in [-0.25, -0.2) is 0 Å². The number of carbonyl (C=O) groups excluding carboxylic acids is 1. The Morgan fingerprint density at radius 1 is 0.898 bits per heavy atom. The van der Waals surface area contributed by atoms with Gasteiger partial charge in [-0.3, -0.25) is 0 Å². The molecule has 2 aliphatic heterocycles. The van der Waals surface area contributed by atoms with E-state index in [9.17, 15) is 9.90 Å². The monoisotopic (exact) mass is 816 g/mol. The quantitative estimate of drug-likeness (QED) is 0.120. The molecule has 2 fully saturated rings. The van der Waals surface area contributed by atoms with Gasteiger partial charge in [0.2, 0.25) is 0 Å². The number of methoxy groups -OCH3 is 1. The molecule has 0 aromatic heterocycles. The van der Waals surface area contributed by atoms with E-state index in [1.807, 2.05) is 52.0 Å². The van der Waals surface area contributed by atoms with Crippen LogP contribution >= 0.6 is 31.9 Å². The van der Waals surface area contributed by atoms with Gasteiger partial charge >= 0.3 is 0 Å². The molecular weight excluding hydrogens is 756 g/mol. The smallest absolute Gasteiger partial charge is 0.164 e. The van der Waals surface area contributed by atoms with E-state index in [-0.39, 0.29) is 24.2 Å². The standard InChI is InChI=1S/C23H34O5.C9H16O3.C7H12Br2/c1-16(2)17(3)7-12-20(24)22-21(27-23(4,5)28-22)13-14-26-15-18-8-10-19(25-6)11-9-18;1-4-5-7-8(6-10)12-9(2,3)11-7;1-5(2)6(3)4-7(8)9/h8-11,16-17,20-22,24H,13-15H2,1-6H3;6-8H,4-5H2,1-3H3;4-6H,1-3H3/t17-,20?,21?,22-;7?,8-;6-/m111/s1. The van der Waals surface area contributed by atoms with E-state index in [0.717, 1.165) is 39.8 Å². The van der Waals surface area contributed by atoms with Crippen LogP contribution in [0.25, 0.3) is 0 Å². The highest BCUT2D eigenvalue weighted by Gasteiger charge is 2.44. The number of benzene rings is 1. The number of aliphatic hydroxyl groups is 1.